The molecule has 0 aliphatic carbocycles. The van der Waals surface area contributed by atoms with Crippen LogP contribution in [0.25, 0.3) is 0 Å². The second kappa shape index (κ2) is 5.98. The van der Waals surface area contributed by atoms with Gasteiger partial charge in [-0.3, -0.25) is 0 Å². The highest BCUT2D eigenvalue weighted by atomic mass is 19.4. The zero-order chi connectivity index (χ0) is 15.7. The molecule has 0 saturated carbocycles. The van der Waals surface area contributed by atoms with Crippen LogP contribution in [0.1, 0.15) is 0 Å². The van der Waals surface area contributed by atoms with Crippen molar-refractivity contribution in [3.05, 3.63) is 0 Å². The lowest BCUT2D eigenvalue weighted by Crippen LogP contribution is -2.50. The Kier molecular flexibility index (Phi) is 6.28. The molecule has 0 aromatic heterocycles. The molecule has 20 heavy (non-hydrogen) atoms. The minimum Gasteiger partial charge on any atom is -0.542 e. The van der Waals surface area contributed by atoms with Crippen LogP contribution in [0.5, 0.6) is 0 Å². The number of ether oxygens (including phenoxy) is 3. The van der Waals surface area contributed by atoms with E-state index in [0.29, 0.717) is 0 Å². The van der Waals surface area contributed by atoms with Gasteiger partial charge in [-0.05, 0) is 0 Å². The molecular formula is C5H4F9NO5. The summed E-state index contributed by atoms with van der Waals surface area (Å²) in [7, 11) is 0. The Morgan fingerprint density at radius 2 is 1.10 bits per heavy atom. The van der Waals surface area contributed by atoms with Gasteiger partial charge in [-0.25, -0.2) is 9.47 Å². The van der Waals surface area contributed by atoms with Gasteiger partial charge in [0.05, 0.1) is 0 Å². The molecule has 0 rings (SSSR count). The maximum Gasteiger partial charge on any atom is 0.529 e. The van der Waals surface area contributed by atoms with Crippen molar-refractivity contribution in [3.63, 3.8) is 0 Å². The fourth-order valence-corrected chi connectivity index (χ4v) is 0.506. The predicted octanol–water partition coefficient (Wildman–Crippen LogP) is 1.38. The summed E-state index contributed by atoms with van der Waals surface area (Å²) in [5.74, 6) is -3.57. The maximum absolute atomic E-state index is 12.2. The van der Waals surface area contributed by atoms with Gasteiger partial charge in [-0.2, -0.15) is 13.5 Å². The largest absolute Gasteiger partial charge is 0.542 e. The van der Waals surface area contributed by atoms with Gasteiger partial charge in [-0.1, -0.05) is 0 Å². The summed E-state index contributed by atoms with van der Waals surface area (Å²) in [6, 6.07) is 0. The summed E-state index contributed by atoms with van der Waals surface area (Å²) in [6.07, 6.45) is -24.2. The van der Waals surface area contributed by atoms with Crippen LogP contribution in [0.4, 0.5) is 39.5 Å². The van der Waals surface area contributed by atoms with E-state index >= 15 is 0 Å². The Balaban J connectivity index is 0. The zero-order valence-corrected chi connectivity index (χ0v) is 8.94. The Labute approximate surface area is 102 Å². The Bertz CT molecular complexity index is 342. The topological polar surface area (TPSA) is 104 Å². The van der Waals surface area contributed by atoms with Crippen LogP contribution in [0.2, 0.25) is 0 Å². The van der Waals surface area contributed by atoms with E-state index in [1.54, 1.807) is 4.74 Å². The number of hydrogen-bond acceptors (Lipinski definition) is 5. The van der Waals surface area contributed by atoms with Gasteiger partial charge in [0.2, 0.25) is 0 Å². The molecule has 0 fully saturated rings. The molecule has 0 aliphatic rings. The van der Waals surface area contributed by atoms with Crippen LogP contribution in [0.15, 0.2) is 0 Å². The SMILES string of the molecule is O=C([O-])C(F)(F)OC(F)(F)OC(F)(F)OC(F)(F)F.[NH4+]. The van der Waals surface area contributed by atoms with Crippen LogP contribution in [-0.2, 0) is 19.0 Å². The summed E-state index contributed by atoms with van der Waals surface area (Å²) >= 11 is 0. The molecule has 0 saturated heterocycles. The molecule has 0 unspecified atom stereocenters. The zero-order valence-electron chi connectivity index (χ0n) is 8.94. The minimum absolute atomic E-state index is 0. The number of halogens is 9. The standard InChI is InChI=1S/C5HF9O5.H3N/c6-2(7,1(15)16)17-4(11,12)19-5(13,14)18-3(8,9)10;/h(H,15,16);1H3. The van der Waals surface area contributed by atoms with Gasteiger partial charge in [0.15, 0.2) is 0 Å². The van der Waals surface area contributed by atoms with E-state index < -0.39 is 31.0 Å². The first-order chi connectivity index (χ1) is 8.06. The number of carbonyl (C=O) groups excluding carboxylic acids is 1. The number of rotatable bonds is 6. The summed E-state index contributed by atoms with van der Waals surface area (Å²) < 4.78 is 112. The quantitative estimate of drug-likeness (QED) is 0.585. The van der Waals surface area contributed by atoms with Crippen molar-refractivity contribution in [3.8, 4) is 0 Å². The Morgan fingerprint density at radius 1 is 0.750 bits per heavy atom. The van der Waals surface area contributed by atoms with E-state index in [1.807, 2.05) is 9.47 Å². The van der Waals surface area contributed by atoms with Gasteiger partial charge in [0, 0.05) is 0 Å². The van der Waals surface area contributed by atoms with E-state index in [4.69, 9.17) is 0 Å². The molecule has 0 aliphatic heterocycles. The fraction of sp³-hybridized carbons (Fsp3) is 0.800. The first-order valence-corrected chi connectivity index (χ1v) is 3.58. The van der Waals surface area contributed by atoms with Crippen molar-refractivity contribution in [1.29, 1.82) is 0 Å². The molecule has 15 heteroatoms. The molecule has 0 radical (unpaired) electrons. The summed E-state index contributed by atoms with van der Waals surface area (Å²) in [4.78, 5) is 9.52. The molecule has 0 atom stereocenters. The van der Waals surface area contributed by atoms with Gasteiger partial charge in [-0.15, -0.1) is 30.7 Å². The van der Waals surface area contributed by atoms with Crippen molar-refractivity contribution < 1.29 is 63.6 Å². The number of quaternary nitrogens is 1. The third kappa shape index (κ3) is 7.97. The molecular weight excluding hydrogens is 325 g/mol. The summed E-state index contributed by atoms with van der Waals surface area (Å²) in [5, 5.41) is 9.52. The average molecular weight is 329 g/mol. The normalized spacial score (nSPS) is 13.8. The lowest BCUT2D eigenvalue weighted by atomic mass is 10.6. The average Bonchev–Trinajstić information content (AvgIpc) is 1.91. The van der Waals surface area contributed by atoms with E-state index in [2.05, 4.69) is 0 Å². The third-order valence-electron chi connectivity index (χ3n) is 0.957. The second-order valence-electron chi connectivity index (χ2n) is 2.48. The highest BCUT2D eigenvalue weighted by molar-refractivity contribution is 5.71. The van der Waals surface area contributed by atoms with E-state index in [0.717, 1.165) is 0 Å². The molecule has 122 valence electrons. The van der Waals surface area contributed by atoms with Crippen LogP contribution >= 0.6 is 0 Å². The molecule has 6 nitrogen and oxygen atoms in total. The monoisotopic (exact) mass is 329 g/mol. The van der Waals surface area contributed by atoms with Crippen molar-refractivity contribution in [2.45, 2.75) is 25.1 Å². The van der Waals surface area contributed by atoms with Gasteiger partial charge >= 0.3 is 25.1 Å². The molecule has 0 aromatic rings. The molecule has 0 bridgehead atoms. The maximum atomic E-state index is 12.2. The van der Waals surface area contributed by atoms with Crippen molar-refractivity contribution >= 4 is 5.97 Å². The van der Waals surface area contributed by atoms with Crippen molar-refractivity contribution in [2.24, 2.45) is 0 Å². The number of carboxylic acids is 1. The lowest BCUT2D eigenvalue weighted by Gasteiger charge is -2.26. The fourth-order valence-electron chi connectivity index (χ4n) is 0.506. The summed E-state index contributed by atoms with van der Waals surface area (Å²) in [5.41, 5.74) is 0. The van der Waals surface area contributed by atoms with Gasteiger partial charge in [0.25, 0.3) is 0 Å². The Morgan fingerprint density at radius 3 is 1.40 bits per heavy atom. The second-order valence-corrected chi connectivity index (χ2v) is 2.48. The number of carboxylic acid groups (broad SMARTS) is 1. The predicted molar refractivity (Wildman–Crippen MR) is 35.1 cm³/mol. The van der Waals surface area contributed by atoms with Crippen LogP contribution in [-0.4, -0.2) is 31.0 Å². The molecule has 4 N–H and O–H groups in total. The van der Waals surface area contributed by atoms with Gasteiger partial charge in [0.1, 0.15) is 5.97 Å². The first kappa shape index (κ1) is 21.0. The molecule has 0 spiro atoms. The van der Waals surface area contributed by atoms with E-state index in [-0.39, 0.29) is 6.15 Å². The number of aliphatic carboxylic acids is 1. The lowest BCUT2D eigenvalue weighted by molar-refractivity contribution is -0.582. The highest BCUT2D eigenvalue weighted by Crippen LogP contribution is 2.36. The van der Waals surface area contributed by atoms with Crippen molar-refractivity contribution in [2.75, 3.05) is 0 Å². The molecule has 0 amide bonds. The Hall–Kier alpha value is -1.32. The third-order valence-corrected chi connectivity index (χ3v) is 0.957. The molecule has 0 aromatic carbocycles. The number of alkyl halides is 9. The van der Waals surface area contributed by atoms with E-state index in [9.17, 15) is 49.4 Å². The first-order valence-electron chi connectivity index (χ1n) is 3.58. The summed E-state index contributed by atoms with van der Waals surface area (Å²) in [6.45, 7) is 0. The van der Waals surface area contributed by atoms with Crippen molar-refractivity contribution in [1.82, 2.24) is 6.15 Å². The van der Waals surface area contributed by atoms with Crippen LogP contribution in [0.3, 0.4) is 0 Å². The number of hydrogen-bond donors (Lipinski definition) is 1. The molecule has 0 heterocycles. The highest BCUT2D eigenvalue weighted by Gasteiger charge is 2.57. The minimum atomic E-state index is -6.16. The van der Waals surface area contributed by atoms with Crippen LogP contribution < -0.4 is 11.3 Å². The smallest absolute Gasteiger partial charge is 0.529 e. The van der Waals surface area contributed by atoms with E-state index in [1.165, 1.54) is 0 Å². The number of carbonyl (C=O) groups is 1. The van der Waals surface area contributed by atoms with Gasteiger partial charge < -0.3 is 16.1 Å². The van der Waals surface area contributed by atoms with Crippen LogP contribution in [0, 0.1) is 0 Å².